The number of carboxylic acids is 1. The normalized spacial score (nSPS) is 15.8. The largest absolute Gasteiger partial charge is 0.497 e. The lowest BCUT2D eigenvalue weighted by atomic mass is 10.0. The summed E-state index contributed by atoms with van der Waals surface area (Å²) in [5.41, 5.74) is 0.752. The number of carboxylic acid groups (broad SMARTS) is 1. The number of aliphatic carboxylic acids is 1. The van der Waals surface area contributed by atoms with Crippen molar-refractivity contribution in [2.24, 2.45) is 0 Å². The van der Waals surface area contributed by atoms with Crippen molar-refractivity contribution in [2.75, 3.05) is 33.4 Å². The van der Waals surface area contributed by atoms with E-state index in [2.05, 4.69) is 0 Å². The third-order valence-corrected chi connectivity index (χ3v) is 8.51. The molecule has 1 N–H and O–H groups in total. The van der Waals surface area contributed by atoms with Gasteiger partial charge in [0.1, 0.15) is 9.96 Å². The topological polar surface area (TPSA) is 93.1 Å². The predicted molar refractivity (Wildman–Crippen MR) is 120 cm³/mol. The van der Waals surface area contributed by atoms with Gasteiger partial charge in [-0.05, 0) is 52.7 Å². The van der Waals surface area contributed by atoms with Gasteiger partial charge in [-0.1, -0.05) is 18.2 Å². The summed E-state index contributed by atoms with van der Waals surface area (Å²) in [6.07, 6.45) is 1.56. The highest BCUT2D eigenvalue weighted by molar-refractivity contribution is 7.91. The quantitative estimate of drug-likeness (QED) is 0.567. The molecular formula is C22H21NO6S2. The minimum absolute atomic E-state index is 0.0429. The second-order valence-corrected chi connectivity index (χ2v) is 10.2. The van der Waals surface area contributed by atoms with E-state index in [0.717, 1.165) is 27.9 Å². The Kier molecular flexibility index (Phi) is 6.10. The molecule has 0 atom stereocenters. The van der Waals surface area contributed by atoms with Crippen molar-refractivity contribution in [3.05, 3.63) is 59.0 Å². The number of ether oxygens (including phenoxy) is 2. The first-order valence-corrected chi connectivity index (χ1v) is 11.8. The molecule has 0 spiro atoms. The number of methoxy groups -OCH3 is 1. The van der Waals surface area contributed by atoms with Gasteiger partial charge < -0.3 is 14.6 Å². The molecule has 0 unspecified atom stereocenters. The molecule has 1 aliphatic rings. The van der Waals surface area contributed by atoms with Gasteiger partial charge in [0.15, 0.2) is 0 Å². The van der Waals surface area contributed by atoms with Crippen LogP contribution in [0.5, 0.6) is 5.75 Å². The number of sulfonamides is 1. The van der Waals surface area contributed by atoms with E-state index in [4.69, 9.17) is 9.47 Å². The van der Waals surface area contributed by atoms with Crippen molar-refractivity contribution in [1.82, 2.24) is 4.31 Å². The van der Waals surface area contributed by atoms with E-state index in [-0.39, 0.29) is 9.78 Å². The van der Waals surface area contributed by atoms with Gasteiger partial charge in [-0.15, -0.1) is 11.3 Å². The number of morpholine rings is 1. The fourth-order valence-corrected chi connectivity index (χ4v) is 6.26. The Labute approximate surface area is 184 Å². The molecule has 0 saturated carbocycles. The van der Waals surface area contributed by atoms with Gasteiger partial charge in [0.05, 0.1) is 25.9 Å². The van der Waals surface area contributed by atoms with Crippen LogP contribution in [0, 0.1) is 0 Å². The Morgan fingerprint density at radius 1 is 1.10 bits per heavy atom. The van der Waals surface area contributed by atoms with Crippen LogP contribution in [0.15, 0.2) is 52.7 Å². The monoisotopic (exact) mass is 459 g/mol. The molecule has 0 radical (unpaired) electrons. The number of benzene rings is 2. The first-order valence-electron chi connectivity index (χ1n) is 9.59. The van der Waals surface area contributed by atoms with E-state index in [9.17, 15) is 18.3 Å². The summed E-state index contributed by atoms with van der Waals surface area (Å²) < 4.78 is 37.7. The standard InChI is InChI=1S/C22H21NO6S2/c1-28-18-5-4-16-12-15(2-3-17(16)14-18)13-19(22(24)25)20-6-7-21(30-20)31(26,27)23-8-10-29-11-9-23/h2-7,12-14H,8-11H2,1H3,(H,24,25)/b19-13+. The zero-order valence-corrected chi connectivity index (χ0v) is 18.4. The first kappa shape index (κ1) is 21.5. The van der Waals surface area contributed by atoms with E-state index in [1.807, 2.05) is 36.4 Å². The molecule has 0 amide bonds. The highest BCUT2D eigenvalue weighted by Gasteiger charge is 2.28. The Balaban J connectivity index is 1.67. The molecule has 4 rings (SSSR count). The maximum Gasteiger partial charge on any atom is 0.337 e. The highest BCUT2D eigenvalue weighted by Crippen LogP contribution is 2.32. The first-order chi connectivity index (χ1) is 14.9. The number of thiophene rings is 1. The van der Waals surface area contributed by atoms with Gasteiger partial charge in [-0.3, -0.25) is 0 Å². The highest BCUT2D eigenvalue weighted by atomic mass is 32.2. The summed E-state index contributed by atoms with van der Waals surface area (Å²) in [6.45, 7) is 1.29. The lowest BCUT2D eigenvalue weighted by Gasteiger charge is -2.25. The van der Waals surface area contributed by atoms with Crippen LogP contribution in [-0.4, -0.2) is 57.2 Å². The molecule has 7 nitrogen and oxygen atoms in total. The van der Waals surface area contributed by atoms with Crippen LogP contribution in [0.4, 0.5) is 0 Å². The third kappa shape index (κ3) is 4.49. The molecule has 1 aromatic heterocycles. The summed E-state index contributed by atoms with van der Waals surface area (Å²) in [4.78, 5) is 12.3. The molecule has 31 heavy (non-hydrogen) atoms. The molecule has 0 bridgehead atoms. The lowest BCUT2D eigenvalue weighted by Crippen LogP contribution is -2.40. The number of fused-ring (bicyclic) bond motifs is 1. The van der Waals surface area contributed by atoms with Crippen LogP contribution in [0.1, 0.15) is 10.4 Å². The van der Waals surface area contributed by atoms with Crippen LogP contribution in [0.2, 0.25) is 0 Å². The average Bonchev–Trinajstić information content (AvgIpc) is 3.28. The summed E-state index contributed by atoms with van der Waals surface area (Å²) in [5, 5.41) is 11.7. The van der Waals surface area contributed by atoms with Gasteiger partial charge in [0.25, 0.3) is 10.0 Å². The zero-order valence-electron chi connectivity index (χ0n) is 16.8. The SMILES string of the molecule is COc1ccc2cc(/C=C(/C(=O)O)c3ccc(S(=O)(=O)N4CCOCC4)s3)ccc2c1. The van der Waals surface area contributed by atoms with Gasteiger partial charge in [0.2, 0.25) is 0 Å². The van der Waals surface area contributed by atoms with Crippen LogP contribution in [0.3, 0.4) is 0 Å². The van der Waals surface area contributed by atoms with Crippen molar-refractivity contribution >= 4 is 49.8 Å². The fraction of sp³-hybridized carbons (Fsp3) is 0.227. The minimum atomic E-state index is -3.67. The lowest BCUT2D eigenvalue weighted by molar-refractivity contribution is -0.130. The molecule has 0 aliphatic carbocycles. The Hall–Kier alpha value is -2.72. The van der Waals surface area contributed by atoms with E-state index in [1.165, 1.54) is 10.4 Å². The maximum atomic E-state index is 12.9. The molecule has 3 aromatic rings. The van der Waals surface area contributed by atoms with Crippen molar-refractivity contribution in [3.8, 4) is 5.75 Å². The average molecular weight is 460 g/mol. The van der Waals surface area contributed by atoms with Gasteiger partial charge in [0, 0.05) is 18.0 Å². The molecule has 1 aliphatic heterocycles. The van der Waals surface area contributed by atoms with Crippen LogP contribution in [0.25, 0.3) is 22.4 Å². The number of hydrogen-bond acceptors (Lipinski definition) is 6. The molecule has 2 heterocycles. The van der Waals surface area contributed by atoms with E-state index < -0.39 is 16.0 Å². The van der Waals surface area contributed by atoms with E-state index in [1.54, 1.807) is 19.3 Å². The van der Waals surface area contributed by atoms with Gasteiger partial charge >= 0.3 is 5.97 Å². The van der Waals surface area contributed by atoms with Crippen molar-refractivity contribution in [2.45, 2.75) is 4.21 Å². The molecule has 162 valence electrons. The fourth-order valence-electron chi connectivity index (χ4n) is 3.38. The summed E-state index contributed by atoms with van der Waals surface area (Å²) in [5.74, 6) is -0.374. The zero-order chi connectivity index (χ0) is 22.0. The van der Waals surface area contributed by atoms with Gasteiger partial charge in [-0.25, -0.2) is 13.2 Å². The Morgan fingerprint density at radius 3 is 2.52 bits per heavy atom. The third-order valence-electron chi connectivity index (χ3n) is 5.02. The molecular weight excluding hydrogens is 438 g/mol. The second-order valence-electron chi connectivity index (χ2n) is 6.97. The van der Waals surface area contributed by atoms with E-state index >= 15 is 0 Å². The van der Waals surface area contributed by atoms with Crippen molar-refractivity contribution < 1.29 is 27.8 Å². The second kappa shape index (κ2) is 8.80. The number of hydrogen-bond donors (Lipinski definition) is 1. The number of nitrogens with zero attached hydrogens (tertiary/aromatic N) is 1. The predicted octanol–water partition coefficient (Wildman–Crippen LogP) is 3.56. The van der Waals surface area contributed by atoms with Crippen molar-refractivity contribution in [1.29, 1.82) is 0 Å². The summed E-state index contributed by atoms with van der Waals surface area (Å²) in [7, 11) is -2.07. The summed E-state index contributed by atoms with van der Waals surface area (Å²) in [6, 6.07) is 14.3. The molecule has 2 aromatic carbocycles. The smallest absolute Gasteiger partial charge is 0.337 e. The minimum Gasteiger partial charge on any atom is -0.497 e. The number of rotatable bonds is 6. The van der Waals surface area contributed by atoms with Crippen LogP contribution < -0.4 is 4.74 Å². The van der Waals surface area contributed by atoms with Crippen molar-refractivity contribution in [3.63, 3.8) is 0 Å². The summed E-state index contributed by atoms with van der Waals surface area (Å²) >= 11 is 0.962. The maximum absolute atomic E-state index is 12.9. The molecule has 1 saturated heterocycles. The van der Waals surface area contributed by atoms with E-state index in [0.29, 0.717) is 36.7 Å². The van der Waals surface area contributed by atoms with Gasteiger partial charge in [-0.2, -0.15) is 4.31 Å². The van der Waals surface area contributed by atoms with Crippen LogP contribution >= 0.6 is 11.3 Å². The Morgan fingerprint density at radius 2 is 1.81 bits per heavy atom. The molecule has 1 fully saturated rings. The number of carbonyl (C=O) groups is 1. The molecule has 9 heteroatoms. The Bertz CT molecular complexity index is 1260. The van der Waals surface area contributed by atoms with Crippen LogP contribution in [-0.2, 0) is 19.6 Å².